The molecule has 0 aromatic rings. The zero-order chi connectivity index (χ0) is 15.5. The third kappa shape index (κ3) is 9.32. The molecule has 1 fully saturated rings. The van der Waals surface area contributed by atoms with Crippen molar-refractivity contribution in [3.05, 3.63) is 0 Å². The lowest BCUT2D eigenvalue weighted by molar-refractivity contribution is -0.137. The van der Waals surface area contributed by atoms with Crippen molar-refractivity contribution in [1.82, 2.24) is 10.6 Å². The van der Waals surface area contributed by atoms with E-state index in [1.807, 2.05) is 0 Å². The first kappa shape index (κ1) is 17.8. The van der Waals surface area contributed by atoms with E-state index < -0.39 is 5.97 Å². The van der Waals surface area contributed by atoms with Gasteiger partial charge in [0.1, 0.15) is 0 Å². The van der Waals surface area contributed by atoms with Crippen LogP contribution in [-0.4, -0.2) is 30.2 Å². The number of aliphatic carboxylic acids is 1. The van der Waals surface area contributed by atoms with Crippen molar-refractivity contribution >= 4 is 12.0 Å². The van der Waals surface area contributed by atoms with Gasteiger partial charge in [0.25, 0.3) is 0 Å². The molecular weight excluding hydrogens is 268 g/mol. The highest BCUT2D eigenvalue weighted by atomic mass is 16.4. The summed E-state index contributed by atoms with van der Waals surface area (Å²) in [6.07, 6.45) is 8.82. The molecule has 0 aromatic heterocycles. The third-order valence-electron chi connectivity index (χ3n) is 4.20. The molecule has 1 saturated carbocycles. The Bertz CT molecular complexity index is 321. The van der Waals surface area contributed by atoms with E-state index in [1.165, 1.54) is 25.7 Å². The third-order valence-corrected chi connectivity index (χ3v) is 4.20. The van der Waals surface area contributed by atoms with Crippen molar-refractivity contribution in [1.29, 1.82) is 0 Å². The number of carbonyl (C=O) groups is 2. The SMILES string of the molecule is CC1CCCC(CNC(=O)NCCCCCCC(=O)O)C1. The number of hydrogen-bond acceptors (Lipinski definition) is 2. The summed E-state index contributed by atoms with van der Waals surface area (Å²) in [6, 6.07) is -0.0706. The fourth-order valence-electron chi connectivity index (χ4n) is 3.00. The molecule has 2 atom stereocenters. The van der Waals surface area contributed by atoms with Crippen molar-refractivity contribution in [2.75, 3.05) is 13.1 Å². The molecule has 122 valence electrons. The molecule has 0 aromatic carbocycles. The molecule has 0 bridgehead atoms. The lowest BCUT2D eigenvalue weighted by Crippen LogP contribution is -2.39. The second kappa shape index (κ2) is 10.5. The fourth-order valence-corrected chi connectivity index (χ4v) is 3.00. The van der Waals surface area contributed by atoms with E-state index in [9.17, 15) is 9.59 Å². The van der Waals surface area contributed by atoms with Crippen LogP contribution < -0.4 is 10.6 Å². The molecule has 1 aliphatic rings. The Morgan fingerprint density at radius 1 is 1.10 bits per heavy atom. The van der Waals surface area contributed by atoms with Crippen LogP contribution in [-0.2, 0) is 4.79 Å². The van der Waals surface area contributed by atoms with Crippen molar-refractivity contribution in [3.8, 4) is 0 Å². The molecule has 2 unspecified atom stereocenters. The predicted octanol–water partition coefficient (Wildman–Crippen LogP) is 3.15. The Hall–Kier alpha value is -1.26. The van der Waals surface area contributed by atoms with Gasteiger partial charge >= 0.3 is 12.0 Å². The maximum atomic E-state index is 11.6. The molecule has 5 heteroatoms. The number of rotatable bonds is 9. The predicted molar refractivity (Wildman–Crippen MR) is 83.2 cm³/mol. The minimum absolute atomic E-state index is 0.0706. The lowest BCUT2D eigenvalue weighted by Gasteiger charge is -2.26. The lowest BCUT2D eigenvalue weighted by atomic mass is 9.82. The number of carboxylic acids is 1. The van der Waals surface area contributed by atoms with Crippen molar-refractivity contribution in [3.63, 3.8) is 0 Å². The van der Waals surface area contributed by atoms with Gasteiger partial charge in [-0.05, 0) is 37.5 Å². The first-order valence-electron chi connectivity index (χ1n) is 8.31. The van der Waals surface area contributed by atoms with E-state index in [4.69, 9.17) is 5.11 Å². The molecule has 3 N–H and O–H groups in total. The van der Waals surface area contributed by atoms with Gasteiger partial charge in [-0.15, -0.1) is 0 Å². The number of hydrogen-bond donors (Lipinski definition) is 3. The highest BCUT2D eigenvalue weighted by Gasteiger charge is 2.18. The number of urea groups is 1. The summed E-state index contributed by atoms with van der Waals surface area (Å²) in [7, 11) is 0. The summed E-state index contributed by atoms with van der Waals surface area (Å²) in [6.45, 7) is 3.74. The second-order valence-corrected chi connectivity index (χ2v) is 6.33. The van der Waals surface area contributed by atoms with Crippen LogP contribution in [0.2, 0.25) is 0 Å². The first-order valence-corrected chi connectivity index (χ1v) is 8.31. The largest absolute Gasteiger partial charge is 0.481 e. The summed E-state index contributed by atoms with van der Waals surface area (Å²) >= 11 is 0. The molecule has 5 nitrogen and oxygen atoms in total. The van der Waals surface area contributed by atoms with Crippen molar-refractivity contribution in [2.45, 2.75) is 64.7 Å². The van der Waals surface area contributed by atoms with Crippen LogP contribution in [0.3, 0.4) is 0 Å². The van der Waals surface area contributed by atoms with Crippen LogP contribution in [0.1, 0.15) is 64.7 Å². The maximum Gasteiger partial charge on any atom is 0.314 e. The Morgan fingerprint density at radius 2 is 1.86 bits per heavy atom. The van der Waals surface area contributed by atoms with Crippen LogP contribution in [0.25, 0.3) is 0 Å². The highest BCUT2D eigenvalue weighted by Crippen LogP contribution is 2.27. The Balaban J connectivity index is 1.93. The second-order valence-electron chi connectivity index (χ2n) is 6.33. The van der Waals surface area contributed by atoms with Gasteiger partial charge in [-0.2, -0.15) is 0 Å². The minimum Gasteiger partial charge on any atom is -0.481 e. The summed E-state index contributed by atoms with van der Waals surface area (Å²) < 4.78 is 0. The van der Waals surface area contributed by atoms with E-state index in [1.54, 1.807) is 0 Å². The van der Waals surface area contributed by atoms with Crippen molar-refractivity contribution < 1.29 is 14.7 Å². The maximum absolute atomic E-state index is 11.6. The fraction of sp³-hybridized carbons (Fsp3) is 0.875. The molecule has 2 amide bonds. The highest BCUT2D eigenvalue weighted by molar-refractivity contribution is 5.73. The molecular formula is C16H30N2O3. The minimum atomic E-state index is -0.732. The average Bonchev–Trinajstić information content (AvgIpc) is 2.44. The zero-order valence-electron chi connectivity index (χ0n) is 13.2. The van der Waals surface area contributed by atoms with Crippen LogP contribution >= 0.6 is 0 Å². The van der Waals surface area contributed by atoms with E-state index in [2.05, 4.69) is 17.6 Å². The monoisotopic (exact) mass is 298 g/mol. The van der Waals surface area contributed by atoms with Crippen LogP contribution in [0.15, 0.2) is 0 Å². The summed E-state index contributed by atoms with van der Waals surface area (Å²) in [4.78, 5) is 22.0. The van der Waals surface area contributed by atoms with Gasteiger partial charge in [-0.1, -0.05) is 32.6 Å². The van der Waals surface area contributed by atoms with Gasteiger partial charge in [-0.3, -0.25) is 4.79 Å². The Labute approximate surface area is 127 Å². The average molecular weight is 298 g/mol. The number of carboxylic acid groups (broad SMARTS) is 1. The van der Waals surface area contributed by atoms with E-state index in [0.29, 0.717) is 12.5 Å². The van der Waals surface area contributed by atoms with Gasteiger partial charge in [-0.25, -0.2) is 4.79 Å². The molecule has 1 aliphatic carbocycles. The van der Waals surface area contributed by atoms with Gasteiger partial charge in [0.15, 0.2) is 0 Å². The number of carbonyl (C=O) groups excluding carboxylic acids is 1. The summed E-state index contributed by atoms with van der Waals surface area (Å²) in [5, 5.41) is 14.3. The van der Waals surface area contributed by atoms with Crippen LogP contribution in [0.4, 0.5) is 4.79 Å². The molecule has 0 spiro atoms. The molecule has 0 saturated heterocycles. The quantitative estimate of drug-likeness (QED) is 0.572. The first-order chi connectivity index (χ1) is 10.1. The standard InChI is InChI=1S/C16H30N2O3/c1-13-7-6-8-14(11-13)12-18-16(21)17-10-5-3-2-4-9-15(19)20/h13-14H,2-12H2,1H3,(H,19,20)(H2,17,18,21). The molecule has 1 rings (SSSR count). The molecule has 21 heavy (non-hydrogen) atoms. The van der Waals surface area contributed by atoms with Gasteiger partial charge < -0.3 is 15.7 Å². The number of unbranched alkanes of at least 4 members (excludes halogenated alkanes) is 3. The normalized spacial score (nSPS) is 21.8. The van der Waals surface area contributed by atoms with Gasteiger partial charge in [0.2, 0.25) is 0 Å². The summed E-state index contributed by atoms with van der Waals surface area (Å²) in [5.41, 5.74) is 0. The van der Waals surface area contributed by atoms with Crippen LogP contribution in [0, 0.1) is 11.8 Å². The van der Waals surface area contributed by atoms with Gasteiger partial charge in [0, 0.05) is 19.5 Å². The van der Waals surface area contributed by atoms with E-state index in [0.717, 1.165) is 38.1 Å². The molecule has 0 aliphatic heterocycles. The van der Waals surface area contributed by atoms with E-state index >= 15 is 0 Å². The summed E-state index contributed by atoms with van der Waals surface area (Å²) in [5.74, 6) is 0.694. The number of amides is 2. The van der Waals surface area contributed by atoms with Crippen LogP contribution in [0.5, 0.6) is 0 Å². The smallest absolute Gasteiger partial charge is 0.314 e. The van der Waals surface area contributed by atoms with E-state index in [-0.39, 0.29) is 12.5 Å². The topological polar surface area (TPSA) is 78.4 Å². The Morgan fingerprint density at radius 3 is 2.57 bits per heavy atom. The van der Waals surface area contributed by atoms with Crippen molar-refractivity contribution in [2.24, 2.45) is 11.8 Å². The zero-order valence-corrected chi connectivity index (χ0v) is 13.2. The molecule has 0 radical (unpaired) electrons. The number of nitrogens with one attached hydrogen (secondary N) is 2. The Kier molecular flexibility index (Phi) is 8.87. The molecule has 0 heterocycles. The van der Waals surface area contributed by atoms with Gasteiger partial charge in [0.05, 0.1) is 0 Å².